The molecule has 1 aliphatic rings. The number of aromatic nitrogens is 1. The second kappa shape index (κ2) is 13.9. The van der Waals surface area contributed by atoms with E-state index in [1.54, 1.807) is 12.1 Å². The molecule has 0 radical (unpaired) electrons. The molecule has 33 heavy (non-hydrogen) atoms. The van der Waals surface area contributed by atoms with Gasteiger partial charge in [0.2, 0.25) is 0 Å². The molecule has 1 aromatic heterocycles. The number of rotatable bonds is 8. The minimum Gasteiger partial charge on any atom is -0.457 e. The first kappa shape index (κ1) is 26.8. The van der Waals surface area contributed by atoms with Gasteiger partial charge in [-0.1, -0.05) is 37.6 Å². The van der Waals surface area contributed by atoms with Crippen molar-refractivity contribution in [2.24, 2.45) is 0 Å². The van der Waals surface area contributed by atoms with Crippen molar-refractivity contribution in [2.75, 3.05) is 20.1 Å². The van der Waals surface area contributed by atoms with E-state index < -0.39 is 0 Å². The molecule has 5 nitrogen and oxygen atoms in total. The van der Waals surface area contributed by atoms with Crippen LogP contribution in [0.3, 0.4) is 0 Å². The average molecular weight is 471 g/mol. The van der Waals surface area contributed by atoms with E-state index in [1.807, 2.05) is 25.1 Å². The Balaban J connectivity index is 0.000000357. The topological polar surface area (TPSA) is 62.7 Å². The van der Waals surface area contributed by atoms with Crippen molar-refractivity contribution in [2.45, 2.75) is 52.6 Å². The predicted octanol–water partition coefficient (Wildman–Crippen LogP) is 6.17. The summed E-state index contributed by atoms with van der Waals surface area (Å²) in [5.41, 5.74) is 3.77. The Morgan fingerprint density at radius 2 is 2.12 bits per heavy atom. The lowest BCUT2D eigenvalue weighted by Crippen LogP contribution is -2.14. The molecule has 1 aliphatic heterocycles. The predicted molar refractivity (Wildman–Crippen MR) is 135 cm³/mol. The fraction of sp³-hybridized carbons (Fsp3) is 0.407. The van der Waals surface area contributed by atoms with Gasteiger partial charge in [-0.05, 0) is 92.7 Å². The van der Waals surface area contributed by atoms with E-state index in [1.165, 1.54) is 17.3 Å². The number of carbonyl (C=O) groups excluding carboxylic acids is 1. The molecule has 1 N–H and O–H groups in total. The second-order valence-electron chi connectivity index (χ2n) is 8.00. The number of aliphatic hydroxyl groups is 1. The Hall–Kier alpha value is -2.47. The number of halogens is 1. The van der Waals surface area contributed by atoms with Gasteiger partial charge in [0.05, 0.1) is 11.6 Å². The lowest BCUT2D eigenvalue weighted by molar-refractivity contribution is 0.111. The van der Waals surface area contributed by atoms with Crippen molar-refractivity contribution >= 4 is 17.9 Å². The van der Waals surface area contributed by atoms with Gasteiger partial charge in [-0.25, -0.2) is 0 Å². The number of benzene rings is 1. The number of ether oxygens (including phenoxy) is 1. The number of nitrogens with zero attached hydrogens (tertiary/aromatic N) is 2. The van der Waals surface area contributed by atoms with Gasteiger partial charge in [0.15, 0.2) is 6.29 Å². The zero-order chi connectivity index (χ0) is 24.2. The van der Waals surface area contributed by atoms with Crippen LogP contribution in [0.5, 0.6) is 5.75 Å². The molecule has 3 rings (SSSR count). The van der Waals surface area contributed by atoms with Crippen LogP contribution in [0.4, 0.5) is 0 Å². The molecule has 1 unspecified atom stereocenters. The van der Waals surface area contributed by atoms with Crippen molar-refractivity contribution in [3.63, 3.8) is 0 Å². The maximum atomic E-state index is 10.1. The number of hydrogen-bond acceptors (Lipinski definition) is 5. The summed E-state index contributed by atoms with van der Waals surface area (Å²) in [4.78, 5) is 16.1. The van der Waals surface area contributed by atoms with Gasteiger partial charge in [0.25, 0.3) is 0 Å². The Labute approximate surface area is 202 Å². The largest absolute Gasteiger partial charge is 0.457 e. The number of allylic oxidation sites excluding steroid dienone is 3. The molecule has 0 aliphatic carbocycles. The molecule has 2 aromatic rings. The van der Waals surface area contributed by atoms with Crippen LogP contribution in [0.1, 0.15) is 67.6 Å². The number of pyridine rings is 1. The third kappa shape index (κ3) is 7.81. The highest BCUT2D eigenvalue weighted by molar-refractivity contribution is 6.32. The van der Waals surface area contributed by atoms with E-state index in [0.717, 1.165) is 49.4 Å². The quantitative estimate of drug-likeness (QED) is 0.284. The molecular weight excluding hydrogens is 436 g/mol. The maximum absolute atomic E-state index is 10.1. The molecule has 1 saturated heterocycles. The molecule has 0 saturated carbocycles. The fourth-order valence-electron chi connectivity index (χ4n) is 3.96. The number of aldehydes is 1. The first-order chi connectivity index (χ1) is 16.0. The van der Waals surface area contributed by atoms with Crippen molar-refractivity contribution in [1.82, 2.24) is 9.88 Å². The first-order valence-electron chi connectivity index (χ1n) is 11.5. The van der Waals surface area contributed by atoms with E-state index >= 15 is 0 Å². The summed E-state index contributed by atoms with van der Waals surface area (Å²) in [6.07, 6.45) is 9.49. The lowest BCUT2D eigenvalue weighted by Gasteiger charge is -2.18. The summed E-state index contributed by atoms with van der Waals surface area (Å²) in [5.74, 6) is 2.23. The molecule has 2 heterocycles. The van der Waals surface area contributed by atoms with E-state index in [9.17, 15) is 9.90 Å². The van der Waals surface area contributed by atoms with Crippen LogP contribution < -0.4 is 4.74 Å². The molecule has 6 heteroatoms. The fourth-order valence-corrected chi connectivity index (χ4v) is 4.12. The summed E-state index contributed by atoms with van der Waals surface area (Å²) in [6.45, 7) is 8.53. The molecule has 1 fully saturated rings. The van der Waals surface area contributed by atoms with Crippen molar-refractivity contribution in [3.8, 4) is 5.75 Å². The summed E-state index contributed by atoms with van der Waals surface area (Å²) < 4.78 is 6.12. The molecule has 1 aromatic carbocycles. The van der Waals surface area contributed by atoms with E-state index in [2.05, 4.69) is 42.9 Å². The first-order valence-corrected chi connectivity index (χ1v) is 11.9. The number of carbonyl (C=O) groups is 1. The van der Waals surface area contributed by atoms with Crippen molar-refractivity contribution in [1.29, 1.82) is 0 Å². The minimum atomic E-state index is 0.0589. The Morgan fingerprint density at radius 1 is 1.33 bits per heavy atom. The van der Waals surface area contributed by atoms with Crippen molar-refractivity contribution in [3.05, 3.63) is 81.9 Å². The lowest BCUT2D eigenvalue weighted by atomic mass is 9.93. The summed E-state index contributed by atoms with van der Waals surface area (Å²) >= 11 is 5.53. The van der Waals surface area contributed by atoms with Crippen molar-refractivity contribution < 1.29 is 14.6 Å². The molecule has 0 amide bonds. The molecule has 0 spiro atoms. The maximum Gasteiger partial charge on any atom is 0.169 e. The van der Waals surface area contributed by atoms with E-state index in [0.29, 0.717) is 22.9 Å². The highest BCUT2D eigenvalue weighted by atomic mass is 35.5. The van der Waals surface area contributed by atoms with Crippen LogP contribution in [-0.2, 0) is 6.61 Å². The summed E-state index contributed by atoms with van der Waals surface area (Å²) in [7, 11) is 2.15. The summed E-state index contributed by atoms with van der Waals surface area (Å²) in [5, 5.41) is 10.2. The molecule has 178 valence electrons. The van der Waals surface area contributed by atoms with Gasteiger partial charge in [-0.15, -0.1) is 0 Å². The van der Waals surface area contributed by atoms with Gasteiger partial charge in [-0.2, -0.15) is 0 Å². The number of likely N-dealkylation sites (tertiary alicyclic amines) is 1. The Bertz CT molecular complexity index is 972. The standard InChI is InChI=1S/C21H31NO2.C6H4ClNO/c1-5-8-16(6-2)21(7-3)24-19-9-10-20(18(13-19)15-23)17-11-12-22(4)14-17;7-5-2-1-3-8-6(5)4-9/h7-10,13,17,23H,5-6,11-12,14-15H2,1-4H3;1-4H/b16-8-,21-7+;. The van der Waals surface area contributed by atoms with Crippen LogP contribution in [0.15, 0.2) is 60.0 Å². The van der Waals surface area contributed by atoms with E-state index in [-0.39, 0.29) is 6.61 Å². The minimum absolute atomic E-state index is 0.0589. The van der Waals surface area contributed by atoms with Crippen LogP contribution in [0.2, 0.25) is 5.02 Å². The van der Waals surface area contributed by atoms with Crippen LogP contribution in [0, 0.1) is 0 Å². The van der Waals surface area contributed by atoms with Crippen LogP contribution in [-0.4, -0.2) is 41.4 Å². The molecular formula is C27H35ClN2O3. The van der Waals surface area contributed by atoms with Gasteiger partial charge in [0, 0.05) is 12.7 Å². The molecule has 0 bridgehead atoms. The zero-order valence-electron chi connectivity index (χ0n) is 20.1. The van der Waals surface area contributed by atoms with Gasteiger partial charge < -0.3 is 14.7 Å². The monoisotopic (exact) mass is 470 g/mol. The second-order valence-corrected chi connectivity index (χ2v) is 8.41. The number of likely N-dealkylation sites (N-methyl/N-ethyl adjacent to an activating group) is 1. The average Bonchev–Trinajstić information content (AvgIpc) is 3.27. The van der Waals surface area contributed by atoms with E-state index in [4.69, 9.17) is 16.3 Å². The van der Waals surface area contributed by atoms with Gasteiger partial charge >= 0.3 is 0 Å². The third-order valence-electron chi connectivity index (χ3n) is 5.65. The van der Waals surface area contributed by atoms with Gasteiger partial charge in [-0.3, -0.25) is 9.78 Å². The summed E-state index contributed by atoms with van der Waals surface area (Å²) in [6, 6.07) is 9.46. The number of aliphatic hydroxyl groups excluding tert-OH is 1. The van der Waals surface area contributed by atoms with Gasteiger partial charge in [0.1, 0.15) is 17.2 Å². The van der Waals surface area contributed by atoms with Crippen LogP contribution >= 0.6 is 11.6 Å². The number of hydrogen-bond donors (Lipinski definition) is 1. The normalized spacial score (nSPS) is 16.8. The van der Waals surface area contributed by atoms with Crippen LogP contribution in [0.25, 0.3) is 0 Å². The highest BCUT2D eigenvalue weighted by Gasteiger charge is 2.23. The Kier molecular flexibility index (Phi) is 11.3. The third-order valence-corrected chi connectivity index (χ3v) is 5.97. The smallest absolute Gasteiger partial charge is 0.169 e. The zero-order valence-corrected chi connectivity index (χ0v) is 20.8. The highest BCUT2D eigenvalue weighted by Crippen LogP contribution is 2.32. The molecule has 1 atom stereocenters. The SMILES string of the molecule is C/C=C(Oc1ccc(C2CCN(C)C2)c(CO)c1)\C(=C/CC)CC.O=Cc1ncccc1Cl. The Morgan fingerprint density at radius 3 is 2.64 bits per heavy atom.